The van der Waals surface area contributed by atoms with Gasteiger partial charge in [-0.05, 0) is 25.2 Å². The van der Waals surface area contributed by atoms with Crippen molar-refractivity contribution in [3.63, 3.8) is 0 Å². The molecule has 4 rings (SSSR count). The van der Waals surface area contributed by atoms with Gasteiger partial charge in [0.1, 0.15) is 21.6 Å². The number of nitrogens with zero attached hydrogens (tertiary/aromatic N) is 1. The molecule has 0 bridgehead atoms. The fourth-order valence-corrected chi connectivity index (χ4v) is 9.41. The van der Waals surface area contributed by atoms with Crippen molar-refractivity contribution >= 4 is 198 Å². The number of carbonyl (C=O) groups excluding carboxylic acids is 3. The maximum Gasteiger partial charge on any atom is 0.371 e. The third-order valence-corrected chi connectivity index (χ3v) is 14.6. The van der Waals surface area contributed by atoms with Crippen LogP contribution in [-0.4, -0.2) is 36.7 Å². The van der Waals surface area contributed by atoms with Gasteiger partial charge >= 0.3 is 17.9 Å². The van der Waals surface area contributed by atoms with Crippen LogP contribution in [0, 0.1) is 5.92 Å². The summed E-state index contributed by atoms with van der Waals surface area (Å²) in [6.07, 6.45) is -1.95. The third-order valence-electron chi connectivity index (χ3n) is 7.83. The van der Waals surface area contributed by atoms with Crippen molar-refractivity contribution in [1.29, 1.82) is 0 Å². The second-order valence-corrected chi connectivity index (χ2v) is 17.6. The number of hydrogen-bond acceptors (Lipinski definition) is 9. The predicted octanol–water partition coefficient (Wildman–Crippen LogP) is 13.9. The van der Waals surface area contributed by atoms with E-state index in [1.165, 1.54) is 4.90 Å². The van der Waals surface area contributed by atoms with Gasteiger partial charge in [0.05, 0.1) is 71.0 Å². The van der Waals surface area contributed by atoms with Crippen LogP contribution in [0.25, 0.3) is 0 Å². The zero-order chi connectivity index (χ0) is 41.6. The molecular weight excluding hydrogens is 1040 g/mol. The van der Waals surface area contributed by atoms with Crippen molar-refractivity contribution < 1.29 is 28.7 Å². The molecule has 3 aromatic rings. The average molecular weight is 1060 g/mol. The van der Waals surface area contributed by atoms with Crippen molar-refractivity contribution in [1.82, 2.24) is 5.48 Å². The molecule has 9 nitrogen and oxygen atoms in total. The number of nitrogens with one attached hydrogen (secondary N) is 1. The minimum Gasteiger partial charge on any atom is -0.430 e. The second-order valence-electron chi connectivity index (χ2n) is 11.9. The highest BCUT2D eigenvalue weighted by atomic mass is 35.5. The van der Waals surface area contributed by atoms with Gasteiger partial charge in [0.15, 0.2) is 5.75 Å². The summed E-state index contributed by atoms with van der Waals surface area (Å²) in [5, 5.41) is -3.79. The van der Waals surface area contributed by atoms with E-state index in [0.717, 1.165) is 0 Å². The van der Waals surface area contributed by atoms with Gasteiger partial charge in [0.25, 0.3) is 6.23 Å². The van der Waals surface area contributed by atoms with Gasteiger partial charge in [-0.25, -0.2) is 14.4 Å². The molecule has 55 heavy (non-hydrogen) atoms. The number of esters is 2. The summed E-state index contributed by atoms with van der Waals surface area (Å²) >= 11 is 94.4. The molecule has 1 aliphatic rings. The first-order valence-electron chi connectivity index (χ1n) is 15.0. The van der Waals surface area contributed by atoms with Crippen molar-refractivity contribution in [2.24, 2.45) is 11.7 Å². The number of carbonyl (C=O) groups is 3. The van der Waals surface area contributed by atoms with Crippen LogP contribution in [0.15, 0.2) is 0 Å². The summed E-state index contributed by atoms with van der Waals surface area (Å²) in [6, 6.07) is -1.19. The molecule has 3 unspecified atom stereocenters. The lowest BCUT2D eigenvalue weighted by Gasteiger charge is -2.32. The monoisotopic (exact) mass is 1050 g/mol. The Bertz CT molecular complexity index is 2000. The first kappa shape index (κ1) is 47.8. The highest BCUT2D eigenvalue weighted by Crippen LogP contribution is 2.52. The van der Waals surface area contributed by atoms with E-state index < -0.39 is 51.5 Å². The molecule has 0 aromatic heterocycles. The summed E-state index contributed by atoms with van der Waals surface area (Å²) in [6.45, 7) is 3.62. The standard InChI is InChI=1S/C31H20Cl15N3O6/c1-7(2)6-31(47,9-10(32)12(34)14(36)13(35)11(9)33)30(52)55-48-27(29(51)53-26-23(45)19(41)16(38)20(42)24(26)46)54-28(50)8-4-3-5-49(8)25-21(43)17(39)15(37)18(40)22(25)44/h7-8,27,48H,3-6,47H2,1-2H3. The maximum absolute atomic E-state index is 14.0. The highest BCUT2D eigenvalue weighted by molar-refractivity contribution is 6.58. The Morgan fingerprint density at radius 2 is 1.11 bits per heavy atom. The molecule has 3 aromatic carbocycles. The highest BCUT2D eigenvalue weighted by Gasteiger charge is 2.45. The van der Waals surface area contributed by atoms with E-state index in [2.05, 4.69) is 5.48 Å². The third kappa shape index (κ3) is 9.55. The summed E-state index contributed by atoms with van der Waals surface area (Å²) in [7, 11) is 0. The molecule has 0 saturated carbocycles. The first-order chi connectivity index (χ1) is 25.5. The largest absolute Gasteiger partial charge is 0.430 e. The van der Waals surface area contributed by atoms with E-state index in [-0.39, 0.29) is 102 Å². The number of benzene rings is 3. The molecule has 1 saturated heterocycles. The maximum atomic E-state index is 14.0. The minimum atomic E-state index is -2.30. The molecule has 24 heteroatoms. The molecule has 3 atom stereocenters. The Balaban J connectivity index is 1.75. The number of hydroxylamine groups is 1. The molecule has 3 N–H and O–H groups in total. The van der Waals surface area contributed by atoms with E-state index in [1.807, 2.05) is 0 Å². The zero-order valence-electron chi connectivity index (χ0n) is 27.2. The van der Waals surface area contributed by atoms with Crippen LogP contribution < -0.4 is 20.9 Å². The van der Waals surface area contributed by atoms with Gasteiger partial charge in [-0.3, -0.25) is 0 Å². The molecule has 1 heterocycles. The van der Waals surface area contributed by atoms with Crippen LogP contribution in [0.1, 0.15) is 38.7 Å². The lowest BCUT2D eigenvalue weighted by molar-refractivity contribution is -0.186. The number of halogens is 15. The van der Waals surface area contributed by atoms with Crippen molar-refractivity contribution in [3.8, 4) is 5.75 Å². The lowest BCUT2D eigenvalue weighted by Crippen LogP contribution is -2.53. The van der Waals surface area contributed by atoms with E-state index in [4.69, 9.17) is 194 Å². The molecule has 0 amide bonds. The van der Waals surface area contributed by atoms with E-state index in [0.29, 0.717) is 6.42 Å². The Morgan fingerprint density at radius 3 is 1.56 bits per heavy atom. The van der Waals surface area contributed by atoms with Crippen LogP contribution in [-0.2, 0) is 29.5 Å². The summed E-state index contributed by atoms with van der Waals surface area (Å²) in [5.41, 5.74) is 6.31. The molecule has 300 valence electrons. The van der Waals surface area contributed by atoms with Gasteiger partial charge in [0.2, 0.25) is 0 Å². The summed E-state index contributed by atoms with van der Waals surface area (Å²) in [5.74, 6) is -4.80. The fraction of sp³-hybridized carbons (Fsp3) is 0.323. The Morgan fingerprint density at radius 1 is 0.691 bits per heavy atom. The lowest BCUT2D eigenvalue weighted by atomic mass is 9.83. The topological polar surface area (TPSA) is 120 Å². The van der Waals surface area contributed by atoms with Gasteiger partial charge in [-0.2, -0.15) is 0 Å². The smallest absolute Gasteiger partial charge is 0.371 e. The summed E-state index contributed by atoms with van der Waals surface area (Å²) in [4.78, 5) is 48.4. The van der Waals surface area contributed by atoms with Crippen molar-refractivity contribution in [2.45, 2.75) is 50.9 Å². The van der Waals surface area contributed by atoms with E-state index in [1.54, 1.807) is 13.8 Å². The molecule has 0 spiro atoms. The molecular formula is C31H20Cl15N3O6. The fourth-order valence-electron chi connectivity index (χ4n) is 5.39. The van der Waals surface area contributed by atoms with Crippen molar-refractivity contribution in [2.75, 3.05) is 11.4 Å². The second kappa shape index (κ2) is 19.2. The average Bonchev–Trinajstić information content (AvgIpc) is 3.62. The minimum absolute atomic E-state index is 0.0559. The van der Waals surface area contributed by atoms with Crippen molar-refractivity contribution in [3.05, 3.63) is 80.9 Å². The van der Waals surface area contributed by atoms with Crippen LogP contribution >= 0.6 is 174 Å². The van der Waals surface area contributed by atoms with Crippen LogP contribution in [0.2, 0.25) is 75.3 Å². The number of hydrogen-bond donors (Lipinski definition) is 2. The van der Waals surface area contributed by atoms with E-state index >= 15 is 0 Å². The van der Waals surface area contributed by atoms with Crippen LogP contribution in [0.4, 0.5) is 5.69 Å². The molecule has 0 radical (unpaired) electrons. The first-order valence-corrected chi connectivity index (χ1v) is 20.7. The normalized spacial score (nSPS) is 16.0. The van der Waals surface area contributed by atoms with Crippen LogP contribution in [0.3, 0.4) is 0 Å². The van der Waals surface area contributed by atoms with Gasteiger partial charge in [-0.15, -0.1) is 5.48 Å². The SMILES string of the molecule is CC(C)CC(N)(C(=O)ONC(OC(=O)C1CCCN1c1c(Cl)c(Cl)c(Cl)c(Cl)c1Cl)C(=O)Oc1c(Cl)c(Cl)c(Cl)c(Cl)c1Cl)c1c(Cl)c(Cl)c(Cl)c(Cl)c1Cl. The number of ether oxygens (including phenoxy) is 2. The molecule has 1 aliphatic heterocycles. The zero-order valence-corrected chi connectivity index (χ0v) is 38.5. The summed E-state index contributed by atoms with van der Waals surface area (Å²) < 4.78 is 10.9. The van der Waals surface area contributed by atoms with Gasteiger partial charge in [0, 0.05) is 12.1 Å². The number of rotatable bonds is 11. The number of nitrogens with two attached hydrogens (primary N) is 1. The van der Waals surface area contributed by atoms with Gasteiger partial charge in [-0.1, -0.05) is 188 Å². The molecule has 0 aliphatic carbocycles. The Kier molecular flexibility index (Phi) is 16.7. The predicted molar refractivity (Wildman–Crippen MR) is 225 cm³/mol. The van der Waals surface area contributed by atoms with E-state index in [9.17, 15) is 14.4 Å². The van der Waals surface area contributed by atoms with Gasteiger partial charge < -0.3 is 24.9 Å². The quantitative estimate of drug-likeness (QED) is 0.0483. The Hall–Kier alpha value is 0.140. The molecule has 1 fully saturated rings. The number of anilines is 1. The van der Waals surface area contributed by atoms with Crippen LogP contribution in [0.5, 0.6) is 5.75 Å². The Labute approximate surface area is 388 Å².